The molecule has 1 atom stereocenters. The van der Waals surface area contributed by atoms with Crippen LogP contribution in [0.3, 0.4) is 0 Å². The van der Waals surface area contributed by atoms with Crippen LogP contribution in [0.4, 0.5) is 0 Å². The summed E-state index contributed by atoms with van der Waals surface area (Å²) < 4.78 is 0. The fourth-order valence-electron chi connectivity index (χ4n) is 2.23. The van der Waals surface area contributed by atoms with E-state index in [-0.39, 0.29) is 0 Å². The lowest BCUT2D eigenvalue weighted by molar-refractivity contribution is 0.576. The monoisotopic (exact) mass is 292 g/mol. The summed E-state index contributed by atoms with van der Waals surface area (Å²) in [5.74, 6) is 0.449. The van der Waals surface area contributed by atoms with Gasteiger partial charge in [0.1, 0.15) is 0 Å². The maximum Gasteiger partial charge on any atom is 0.0931 e. The number of thiazole rings is 1. The van der Waals surface area contributed by atoms with Crippen molar-refractivity contribution in [3.05, 3.63) is 51.4 Å². The van der Waals surface area contributed by atoms with Crippen LogP contribution in [0.5, 0.6) is 0 Å². The van der Waals surface area contributed by atoms with Gasteiger partial charge < -0.3 is 5.32 Å². The van der Waals surface area contributed by atoms with Gasteiger partial charge in [0.15, 0.2) is 0 Å². The smallest absolute Gasteiger partial charge is 0.0931 e. The van der Waals surface area contributed by atoms with E-state index in [2.05, 4.69) is 22.4 Å². The SMILES string of the molecule is Clc1cccc(C(CNC2CC2)Cc2nccs2)c1. The lowest BCUT2D eigenvalue weighted by atomic mass is 9.96. The predicted molar refractivity (Wildman–Crippen MR) is 81.0 cm³/mol. The molecular formula is C15H17ClN2S. The molecule has 1 heterocycles. The van der Waals surface area contributed by atoms with Crippen LogP contribution < -0.4 is 5.32 Å². The van der Waals surface area contributed by atoms with Gasteiger partial charge in [-0.05, 0) is 30.5 Å². The zero-order valence-corrected chi connectivity index (χ0v) is 12.3. The van der Waals surface area contributed by atoms with Gasteiger partial charge in [-0.15, -0.1) is 11.3 Å². The summed E-state index contributed by atoms with van der Waals surface area (Å²) in [7, 11) is 0. The standard InChI is InChI=1S/C15H17ClN2S/c16-13-3-1-2-11(8-13)12(10-18-14-4-5-14)9-15-17-6-7-19-15/h1-3,6-8,12,14,18H,4-5,9-10H2. The highest BCUT2D eigenvalue weighted by molar-refractivity contribution is 7.09. The van der Waals surface area contributed by atoms with Crippen LogP contribution in [-0.4, -0.2) is 17.6 Å². The Kier molecular flexibility index (Phi) is 4.16. The van der Waals surface area contributed by atoms with Gasteiger partial charge in [-0.1, -0.05) is 23.7 Å². The molecule has 3 rings (SSSR count). The number of nitrogens with one attached hydrogen (secondary N) is 1. The molecule has 1 aliphatic rings. The number of halogens is 1. The van der Waals surface area contributed by atoms with Gasteiger partial charge in [-0.25, -0.2) is 4.98 Å². The van der Waals surface area contributed by atoms with E-state index in [0.29, 0.717) is 5.92 Å². The molecule has 1 N–H and O–H groups in total. The highest BCUT2D eigenvalue weighted by Crippen LogP contribution is 2.26. The van der Waals surface area contributed by atoms with Crippen molar-refractivity contribution in [2.45, 2.75) is 31.2 Å². The molecule has 1 aromatic carbocycles. The van der Waals surface area contributed by atoms with Gasteiger partial charge in [0.2, 0.25) is 0 Å². The number of rotatable bonds is 6. The van der Waals surface area contributed by atoms with E-state index in [9.17, 15) is 0 Å². The number of aromatic nitrogens is 1. The zero-order valence-electron chi connectivity index (χ0n) is 10.7. The van der Waals surface area contributed by atoms with Crippen LogP contribution in [0.1, 0.15) is 29.3 Å². The number of hydrogen-bond acceptors (Lipinski definition) is 3. The fraction of sp³-hybridized carbons (Fsp3) is 0.400. The van der Waals surface area contributed by atoms with Gasteiger partial charge in [0.25, 0.3) is 0 Å². The predicted octanol–water partition coefficient (Wildman–Crippen LogP) is 3.87. The number of benzene rings is 1. The van der Waals surface area contributed by atoms with Crippen molar-refractivity contribution in [1.29, 1.82) is 0 Å². The summed E-state index contributed by atoms with van der Waals surface area (Å²) in [4.78, 5) is 4.40. The molecule has 0 bridgehead atoms. The Morgan fingerprint density at radius 2 is 2.32 bits per heavy atom. The highest BCUT2D eigenvalue weighted by Gasteiger charge is 2.23. The van der Waals surface area contributed by atoms with E-state index in [0.717, 1.165) is 24.0 Å². The Labute approximate surface area is 122 Å². The van der Waals surface area contributed by atoms with Crippen LogP contribution in [-0.2, 0) is 6.42 Å². The van der Waals surface area contributed by atoms with Gasteiger partial charge in [0.05, 0.1) is 5.01 Å². The molecule has 2 nitrogen and oxygen atoms in total. The Hall–Kier alpha value is -0.900. The van der Waals surface area contributed by atoms with Crippen molar-refractivity contribution in [1.82, 2.24) is 10.3 Å². The van der Waals surface area contributed by atoms with Crippen molar-refractivity contribution in [3.8, 4) is 0 Å². The second-order valence-electron chi connectivity index (χ2n) is 5.06. The largest absolute Gasteiger partial charge is 0.313 e. The maximum absolute atomic E-state index is 6.11. The minimum Gasteiger partial charge on any atom is -0.313 e. The minimum absolute atomic E-state index is 0.449. The highest BCUT2D eigenvalue weighted by atomic mass is 35.5. The van der Waals surface area contributed by atoms with E-state index >= 15 is 0 Å². The molecule has 1 fully saturated rings. The molecular weight excluding hydrogens is 276 g/mol. The van der Waals surface area contributed by atoms with Gasteiger partial charge >= 0.3 is 0 Å². The van der Waals surface area contributed by atoms with Crippen molar-refractivity contribution >= 4 is 22.9 Å². The summed E-state index contributed by atoms with van der Waals surface area (Å²) >= 11 is 7.84. The van der Waals surface area contributed by atoms with Crippen LogP contribution in [0.25, 0.3) is 0 Å². The first-order valence-corrected chi connectivity index (χ1v) is 7.94. The van der Waals surface area contributed by atoms with E-state index in [4.69, 9.17) is 11.6 Å². The van der Waals surface area contributed by atoms with Crippen molar-refractivity contribution in [2.75, 3.05) is 6.54 Å². The van der Waals surface area contributed by atoms with E-state index in [1.165, 1.54) is 23.4 Å². The molecule has 19 heavy (non-hydrogen) atoms. The number of nitrogens with zero attached hydrogens (tertiary/aromatic N) is 1. The van der Waals surface area contributed by atoms with Gasteiger partial charge in [0, 0.05) is 41.5 Å². The van der Waals surface area contributed by atoms with E-state index < -0.39 is 0 Å². The fourth-order valence-corrected chi connectivity index (χ4v) is 3.13. The van der Waals surface area contributed by atoms with Gasteiger partial charge in [-0.3, -0.25) is 0 Å². The first-order valence-electron chi connectivity index (χ1n) is 6.68. The molecule has 1 aliphatic carbocycles. The summed E-state index contributed by atoms with van der Waals surface area (Å²) in [6.45, 7) is 1.00. The average molecular weight is 293 g/mol. The molecule has 100 valence electrons. The normalized spacial score (nSPS) is 16.5. The average Bonchev–Trinajstić information content (AvgIpc) is 3.10. The second kappa shape index (κ2) is 6.04. The van der Waals surface area contributed by atoms with E-state index in [1.807, 2.05) is 23.7 Å². The summed E-state index contributed by atoms with van der Waals surface area (Å²) in [5.41, 5.74) is 1.30. The Morgan fingerprint density at radius 1 is 1.42 bits per heavy atom. The quantitative estimate of drug-likeness (QED) is 0.874. The maximum atomic E-state index is 6.11. The third kappa shape index (κ3) is 3.78. The molecule has 0 radical (unpaired) electrons. The van der Waals surface area contributed by atoms with Crippen LogP contribution in [0.2, 0.25) is 5.02 Å². The summed E-state index contributed by atoms with van der Waals surface area (Å²) in [6.07, 6.45) is 5.50. The third-order valence-corrected chi connectivity index (χ3v) is 4.49. The third-order valence-electron chi connectivity index (χ3n) is 3.45. The molecule has 2 aromatic rings. The molecule has 4 heteroatoms. The second-order valence-corrected chi connectivity index (χ2v) is 6.48. The molecule has 1 unspecified atom stereocenters. The first kappa shape index (κ1) is 13.1. The Bertz CT molecular complexity index is 523. The lowest BCUT2D eigenvalue weighted by Crippen LogP contribution is -2.24. The Morgan fingerprint density at radius 3 is 3.00 bits per heavy atom. The molecule has 0 saturated heterocycles. The topological polar surface area (TPSA) is 24.9 Å². The molecule has 0 aliphatic heterocycles. The zero-order chi connectivity index (χ0) is 13.1. The van der Waals surface area contributed by atoms with Crippen molar-refractivity contribution < 1.29 is 0 Å². The molecule has 0 spiro atoms. The first-order chi connectivity index (χ1) is 9.31. The summed E-state index contributed by atoms with van der Waals surface area (Å²) in [5, 5.41) is 7.67. The van der Waals surface area contributed by atoms with Crippen LogP contribution in [0.15, 0.2) is 35.8 Å². The Balaban J connectivity index is 1.73. The molecule has 1 saturated carbocycles. The van der Waals surface area contributed by atoms with E-state index in [1.54, 1.807) is 11.3 Å². The number of hydrogen-bond donors (Lipinski definition) is 1. The summed E-state index contributed by atoms with van der Waals surface area (Å²) in [6, 6.07) is 8.94. The lowest BCUT2D eigenvalue weighted by Gasteiger charge is -2.17. The molecule has 1 aromatic heterocycles. The van der Waals surface area contributed by atoms with Crippen molar-refractivity contribution in [2.24, 2.45) is 0 Å². The molecule has 0 amide bonds. The van der Waals surface area contributed by atoms with Gasteiger partial charge in [-0.2, -0.15) is 0 Å². The minimum atomic E-state index is 0.449. The van der Waals surface area contributed by atoms with Crippen LogP contribution >= 0.6 is 22.9 Å². The van der Waals surface area contributed by atoms with Crippen LogP contribution in [0, 0.1) is 0 Å². The van der Waals surface area contributed by atoms with Crippen molar-refractivity contribution in [3.63, 3.8) is 0 Å².